The summed E-state index contributed by atoms with van der Waals surface area (Å²) in [4.78, 5) is 0. The zero-order valence-electron chi connectivity index (χ0n) is 14.5. The summed E-state index contributed by atoms with van der Waals surface area (Å²) in [6.07, 6.45) is 6.42. The third kappa shape index (κ3) is 17.0. The fourth-order valence-electron chi connectivity index (χ4n) is 2.06. The van der Waals surface area contributed by atoms with E-state index in [-0.39, 0.29) is 103 Å². The molecule has 0 saturated heterocycles. The van der Waals surface area contributed by atoms with Gasteiger partial charge in [-0.1, -0.05) is 12.8 Å². The van der Waals surface area contributed by atoms with Crippen molar-refractivity contribution in [1.29, 1.82) is 0 Å². The molecule has 0 radical (unpaired) electrons. The van der Waals surface area contributed by atoms with Gasteiger partial charge in [-0.25, -0.2) is 0 Å². The number of rotatable bonds is 8. The van der Waals surface area contributed by atoms with Crippen LogP contribution in [0.1, 0.15) is 38.5 Å². The smallest absolute Gasteiger partial charge is 0.447 e. The molecule has 0 heterocycles. The van der Waals surface area contributed by atoms with Crippen LogP contribution in [0.4, 0.5) is 25.9 Å². The van der Waals surface area contributed by atoms with Crippen LogP contribution in [0, 0.1) is 11.8 Å². The molecule has 0 bridgehead atoms. The Kier molecular flexibility index (Phi) is 18.0. The fraction of sp³-hybridized carbons (Fsp3) is 1.00. The number of ether oxygens (including phenoxy) is 2. The predicted octanol–water partition coefficient (Wildman–Crippen LogP) is -1.61. The van der Waals surface area contributed by atoms with Gasteiger partial charge < -0.3 is 35.4 Å². The fourth-order valence-corrected chi connectivity index (χ4v) is 2.06. The normalized spacial score (nSPS) is 18.2. The van der Waals surface area contributed by atoms with E-state index in [1.165, 1.54) is 0 Å². The Morgan fingerprint density at radius 2 is 0.917 bits per heavy atom. The van der Waals surface area contributed by atoms with Gasteiger partial charge in [-0.05, 0) is 37.5 Å². The molecule has 0 aromatic heterocycles. The van der Waals surface area contributed by atoms with Crippen molar-refractivity contribution in [1.82, 2.24) is 0 Å². The van der Waals surface area contributed by atoms with Crippen molar-refractivity contribution in [2.24, 2.45) is 11.8 Å². The van der Waals surface area contributed by atoms with E-state index in [1.54, 1.807) is 0 Å². The molecular formula is C12H22B2F6K2O2. The van der Waals surface area contributed by atoms with Crippen LogP contribution in [-0.4, -0.2) is 40.2 Å². The molecule has 0 unspecified atom stereocenters. The second kappa shape index (κ2) is 14.8. The van der Waals surface area contributed by atoms with E-state index in [1.807, 2.05) is 0 Å². The van der Waals surface area contributed by atoms with Gasteiger partial charge in [0.1, 0.15) is 0 Å². The maximum Gasteiger partial charge on any atom is 1.00 e. The minimum Gasteiger partial charge on any atom is -0.447 e. The molecule has 0 atom stereocenters. The molecule has 24 heavy (non-hydrogen) atoms. The van der Waals surface area contributed by atoms with E-state index >= 15 is 0 Å². The largest absolute Gasteiger partial charge is 1.00 e. The second-order valence-electron chi connectivity index (χ2n) is 6.09. The Balaban J connectivity index is 0. The van der Waals surface area contributed by atoms with Crippen LogP contribution in [0.25, 0.3) is 0 Å². The van der Waals surface area contributed by atoms with Crippen molar-refractivity contribution >= 4 is 14.0 Å². The Morgan fingerprint density at radius 1 is 0.625 bits per heavy atom. The molecule has 2 aliphatic rings. The van der Waals surface area contributed by atoms with E-state index in [4.69, 9.17) is 0 Å². The van der Waals surface area contributed by atoms with Crippen LogP contribution in [-0.2, 0) is 9.47 Å². The van der Waals surface area contributed by atoms with Gasteiger partial charge in [-0.2, -0.15) is 0 Å². The summed E-state index contributed by atoms with van der Waals surface area (Å²) in [5.41, 5.74) is 0. The molecular weight excluding hydrogens is 390 g/mol. The molecule has 0 aromatic rings. The summed E-state index contributed by atoms with van der Waals surface area (Å²) >= 11 is 0. The van der Waals surface area contributed by atoms with Crippen LogP contribution >= 0.6 is 0 Å². The van der Waals surface area contributed by atoms with Gasteiger partial charge >= 0.3 is 117 Å². The number of hydrogen-bond donors (Lipinski definition) is 0. The van der Waals surface area contributed by atoms with E-state index in [0.29, 0.717) is 25.0 Å². The Morgan fingerprint density at radius 3 is 1.08 bits per heavy atom. The summed E-state index contributed by atoms with van der Waals surface area (Å²) in [6, 6.07) is 0. The van der Waals surface area contributed by atoms with Gasteiger partial charge in [0.2, 0.25) is 0 Å². The first-order chi connectivity index (χ1) is 10.2. The van der Waals surface area contributed by atoms with Gasteiger partial charge in [-0.15, -0.1) is 0 Å². The number of hydrogen-bond acceptors (Lipinski definition) is 2. The molecule has 2 saturated carbocycles. The first-order valence-corrected chi connectivity index (χ1v) is 7.73. The van der Waals surface area contributed by atoms with Crippen LogP contribution < -0.4 is 103 Å². The maximum absolute atomic E-state index is 11.6. The Hall–Kier alpha value is 2.90. The summed E-state index contributed by atoms with van der Waals surface area (Å²) in [6.45, 7) is -10.9. The first kappa shape index (κ1) is 29.1. The molecule has 2 rings (SSSR count). The molecule has 0 aliphatic heterocycles. The van der Waals surface area contributed by atoms with Crippen molar-refractivity contribution in [2.45, 2.75) is 38.5 Å². The number of halogens is 6. The van der Waals surface area contributed by atoms with Crippen molar-refractivity contribution in [3.05, 3.63) is 0 Å². The summed E-state index contributed by atoms with van der Waals surface area (Å²) in [5.74, 6) is 0.793. The first-order valence-electron chi connectivity index (χ1n) is 7.73. The van der Waals surface area contributed by atoms with Gasteiger partial charge in [0.25, 0.3) is 0 Å². The van der Waals surface area contributed by atoms with Crippen molar-refractivity contribution in [3.63, 3.8) is 0 Å². The third-order valence-electron chi connectivity index (χ3n) is 3.77. The minimum absolute atomic E-state index is 0. The van der Waals surface area contributed by atoms with E-state index in [2.05, 4.69) is 9.47 Å². The van der Waals surface area contributed by atoms with Gasteiger partial charge in [0.05, 0.1) is 0 Å². The zero-order chi connectivity index (χ0) is 16.6. The van der Waals surface area contributed by atoms with Gasteiger partial charge in [-0.3, -0.25) is 0 Å². The predicted molar refractivity (Wildman–Crippen MR) is 74.5 cm³/mol. The van der Waals surface area contributed by atoms with Crippen LogP contribution in [0.3, 0.4) is 0 Å². The molecule has 2 aliphatic carbocycles. The monoisotopic (exact) mass is 412 g/mol. The SMILES string of the molecule is F[B-](F)(F)COCC1CCC1.F[B-](F)(F)COCC1CCC1.[K+].[K+]. The van der Waals surface area contributed by atoms with Crippen molar-refractivity contribution in [2.75, 3.05) is 26.2 Å². The van der Waals surface area contributed by atoms with Crippen molar-refractivity contribution < 1.29 is 138 Å². The average molecular weight is 412 g/mol. The van der Waals surface area contributed by atoms with E-state index in [9.17, 15) is 25.9 Å². The Bertz CT molecular complexity index is 283. The third-order valence-corrected chi connectivity index (χ3v) is 3.77. The Labute approximate surface area is 224 Å². The molecule has 0 aromatic carbocycles. The standard InChI is InChI=1S/2C6H11BF3O.2K/c2*8-7(9,10)5-11-4-6-2-1-3-6;;/h2*6H,1-5H2;;/q2*-1;2*+1. The topological polar surface area (TPSA) is 18.5 Å². The van der Waals surface area contributed by atoms with Crippen LogP contribution in [0.2, 0.25) is 0 Å². The minimum atomic E-state index is -4.74. The van der Waals surface area contributed by atoms with Gasteiger partial charge in [0, 0.05) is 26.2 Å². The molecule has 0 spiro atoms. The zero-order valence-corrected chi connectivity index (χ0v) is 20.7. The summed E-state index contributed by atoms with van der Waals surface area (Å²) < 4.78 is 78.4. The molecule has 2 nitrogen and oxygen atoms in total. The molecule has 0 N–H and O–H groups in total. The average Bonchev–Trinajstić information content (AvgIpc) is 2.24. The summed E-state index contributed by atoms with van der Waals surface area (Å²) in [7, 11) is 0. The van der Waals surface area contributed by atoms with Crippen LogP contribution in [0.5, 0.6) is 0 Å². The maximum atomic E-state index is 11.6. The van der Waals surface area contributed by atoms with Gasteiger partial charge in [0.15, 0.2) is 0 Å². The second-order valence-corrected chi connectivity index (χ2v) is 6.09. The van der Waals surface area contributed by atoms with Crippen LogP contribution in [0.15, 0.2) is 0 Å². The van der Waals surface area contributed by atoms with E-state index in [0.717, 1.165) is 38.5 Å². The quantitative estimate of drug-likeness (QED) is 0.353. The molecule has 2 fully saturated rings. The van der Waals surface area contributed by atoms with Crippen molar-refractivity contribution in [3.8, 4) is 0 Å². The van der Waals surface area contributed by atoms with E-state index < -0.39 is 27.0 Å². The molecule has 0 amide bonds. The molecule has 132 valence electrons. The summed E-state index contributed by atoms with van der Waals surface area (Å²) in [5, 5.41) is 0. The molecule has 12 heteroatoms.